The maximum atomic E-state index is 13.5. The summed E-state index contributed by atoms with van der Waals surface area (Å²) in [6, 6.07) is 20.4. The molecule has 146 valence electrons. The third-order valence-corrected chi connectivity index (χ3v) is 6.59. The van der Waals surface area contributed by atoms with E-state index in [4.69, 9.17) is 27.9 Å². The minimum Gasteiger partial charge on any atom is -0.492 e. The highest BCUT2D eigenvalue weighted by atomic mass is 35.5. The average molecular weight is 436 g/mol. The molecular weight excluding hydrogens is 417 g/mol. The first-order valence-corrected chi connectivity index (χ1v) is 10.9. The van der Waals surface area contributed by atoms with Crippen molar-refractivity contribution in [1.29, 1.82) is 0 Å². The lowest BCUT2D eigenvalue weighted by Gasteiger charge is -2.26. The molecule has 3 aromatic rings. The van der Waals surface area contributed by atoms with Crippen LogP contribution in [-0.4, -0.2) is 15.0 Å². The smallest absolute Gasteiger partial charge is 0.264 e. The predicted octanol–water partition coefficient (Wildman–Crippen LogP) is 5.79. The molecule has 0 aliphatic heterocycles. The van der Waals surface area contributed by atoms with Crippen LogP contribution in [0.1, 0.15) is 12.5 Å². The molecular formula is C21H19Cl2NO3S. The van der Waals surface area contributed by atoms with E-state index in [0.29, 0.717) is 33.7 Å². The molecule has 0 aliphatic carbocycles. The quantitative estimate of drug-likeness (QED) is 0.471. The SMILES string of the molecule is CCOc1ccccc1N(Cc1ccc(Cl)c(Cl)c1)S(=O)(=O)c1ccccc1. The molecule has 0 radical (unpaired) electrons. The first kappa shape index (κ1) is 20.5. The summed E-state index contributed by atoms with van der Waals surface area (Å²) in [6.07, 6.45) is 0. The van der Waals surface area contributed by atoms with Crippen molar-refractivity contribution in [1.82, 2.24) is 0 Å². The summed E-state index contributed by atoms with van der Waals surface area (Å²) >= 11 is 12.1. The summed E-state index contributed by atoms with van der Waals surface area (Å²) in [6.45, 7) is 2.35. The van der Waals surface area contributed by atoms with Gasteiger partial charge in [0.2, 0.25) is 0 Å². The molecule has 0 saturated carbocycles. The zero-order valence-corrected chi connectivity index (χ0v) is 17.5. The van der Waals surface area contributed by atoms with Crippen molar-refractivity contribution in [2.45, 2.75) is 18.4 Å². The molecule has 0 unspecified atom stereocenters. The lowest BCUT2D eigenvalue weighted by molar-refractivity contribution is 0.341. The molecule has 0 spiro atoms. The zero-order valence-electron chi connectivity index (χ0n) is 15.2. The Morgan fingerprint density at radius 1 is 0.893 bits per heavy atom. The zero-order chi connectivity index (χ0) is 20.1. The van der Waals surface area contributed by atoms with Crippen LogP contribution in [0.15, 0.2) is 77.7 Å². The van der Waals surface area contributed by atoms with Gasteiger partial charge in [-0.3, -0.25) is 4.31 Å². The third-order valence-electron chi connectivity index (χ3n) is 4.08. The highest BCUT2D eigenvalue weighted by Gasteiger charge is 2.27. The van der Waals surface area contributed by atoms with E-state index in [0.717, 1.165) is 0 Å². The molecule has 28 heavy (non-hydrogen) atoms. The number of para-hydroxylation sites is 2. The number of sulfonamides is 1. The van der Waals surface area contributed by atoms with Crippen molar-refractivity contribution in [3.63, 3.8) is 0 Å². The number of ether oxygens (including phenoxy) is 1. The average Bonchev–Trinajstić information content (AvgIpc) is 2.70. The number of benzene rings is 3. The van der Waals surface area contributed by atoms with Gasteiger partial charge in [-0.1, -0.05) is 59.6 Å². The summed E-state index contributed by atoms with van der Waals surface area (Å²) < 4.78 is 33.9. The Labute approximate surface area is 175 Å². The summed E-state index contributed by atoms with van der Waals surface area (Å²) in [5, 5.41) is 0.784. The Kier molecular flexibility index (Phi) is 6.50. The topological polar surface area (TPSA) is 46.6 Å². The second kappa shape index (κ2) is 8.86. The Morgan fingerprint density at radius 2 is 1.57 bits per heavy atom. The van der Waals surface area contributed by atoms with Crippen LogP contribution in [0, 0.1) is 0 Å². The predicted molar refractivity (Wildman–Crippen MR) is 114 cm³/mol. The van der Waals surface area contributed by atoms with E-state index in [2.05, 4.69) is 0 Å². The van der Waals surface area contributed by atoms with Crippen molar-refractivity contribution in [2.24, 2.45) is 0 Å². The largest absolute Gasteiger partial charge is 0.492 e. The van der Waals surface area contributed by atoms with E-state index in [9.17, 15) is 8.42 Å². The van der Waals surface area contributed by atoms with Crippen molar-refractivity contribution in [3.8, 4) is 5.75 Å². The van der Waals surface area contributed by atoms with Crippen LogP contribution in [0.5, 0.6) is 5.75 Å². The Morgan fingerprint density at radius 3 is 2.25 bits per heavy atom. The number of rotatable bonds is 7. The van der Waals surface area contributed by atoms with E-state index in [1.807, 2.05) is 6.92 Å². The number of anilines is 1. The van der Waals surface area contributed by atoms with Gasteiger partial charge in [0, 0.05) is 0 Å². The molecule has 0 aromatic heterocycles. The lowest BCUT2D eigenvalue weighted by Crippen LogP contribution is -2.31. The Bertz CT molecular complexity index is 1060. The Hall–Kier alpha value is -2.21. The fourth-order valence-electron chi connectivity index (χ4n) is 2.76. The maximum absolute atomic E-state index is 13.5. The molecule has 0 amide bonds. The minimum atomic E-state index is -3.84. The van der Waals surface area contributed by atoms with Crippen LogP contribution in [-0.2, 0) is 16.6 Å². The molecule has 7 heteroatoms. The molecule has 3 aromatic carbocycles. The third kappa shape index (κ3) is 4.43. The summed E-state index contributed by atoms with van der Waals surface area (Å²) in [5.41, 5.74) is 1.17. The fraction of sp³-hybridized carbons (Fsp3) is 0.143. The molecule has 4 nitrogen and oxygen atoms in total. The summed E-state index contributed by atoms with van der Waals surface area (Å²) in [7, 11) is -3.84. The molecule has 0 saturated heterocycles. The van der Waals surface area contributed by atoms with Gasteiger partial charge in [0.15, 0.2) is 0 Å². The highest BCUT2D eigenvalue weighted by Crippen LogP contribution is 2.34. The first-order valence-electron chi connectivity index (χ1n) is 8.67. The van der Waals surface area contributed by atoms with Gasteiger partial charge >= 0.3 is 0 Å². The number of halogens is 2. The molecule has 0 bridgehead atoms. The monoisotopic (exact) mass is 435 g/mol. The van der Waals surface area contributed by atoms with E-state index in [1.165, 1.54) is 4.31 Å². The molecule has 0 fully saturated rings. The van der Waals surface area contributed by atoms with Crippen molar-refractivity contribution in [3.05, 3.63) is 88.4 Å². The van der Waals surface area contributed by atoms with Gasteiger partial charge in [0.25, 0.3) is 10.0 Å². The second-order valence-electron chi connectivity index (χ2n) is 5.97. The Balaban J connectivity index is 2.13. The van der Waals surface area contributed by atoms with Crippen molar-refractivity contribution >= 4 is 38.9 Å². The highest BCUT2D eigenvalue weighted by molar-refractivity contribution is 7.92. The normalized spacial score (nSPS) is 11.2. The minimum absolute atomic E-state index is 0.0816. The number of nitrogens with zero attached hydrogens (tertiary/aromatic N) is 1. The summed E-state index contributed by atoms with van der Waals surface area (Å²) in [5.74, 6) is 0.490. The van der Waals surface area contributed by atoms with Crippen LogP contribution in [0.3, 0.4) is 0 Å². The van der Waals surface area contributed by atoms with Gasteiger partial charge < -0.3 is 4.74 Å². The summed E-state index contributed by atoms with van der Waals surface area (Å²) in [4.78, 5) is 0.196. The van der Waals surface area contributed by atoms with E-state index in [-0.39, 0.29) is 11.4 Å². The van der Waals surface area contributed by atoms with Gasteiger partial charge in [-0.25, -0.2) is 8.42 Å². The van der Waals surface area contributed by atoms with Gasteiger partial charge in [-0.2, -0.15) is 0 Å². The van der Waals surface area contributed by atoms with Gasteiger partial charge in [-0.05, 0) is 48.9 Å². The van der Waals surface area contributed by atoms with Gasteiger partial charge in [0.05, 0.1) is 33.8 Å². The molecule has 0 N–H and O–H groups in total. The molecule has 0 heterocycles. The standard InChI is InChI=1S/C21H19Cl2NO3S/c1-2-27-21-11-7-6-10-20(21)24(15-16-12-13-18(22)19(23)14-16)28(25,26)17-8-4-3-5-9-17/h3-14H,2,15H2,1H3. The van der Waals surface area contributed by atoms with Gasteiger partial charge in [0.1, 0.15) is 5.75 Å². The van der Waals surface area contributed by atoms with Crippen molar-refractivity contribution in [2.75, 3.05) is 10.9 Å². The number of hydrogen-bond donors (Lipinski definition) is 0. The van der Waals surface area contributed by atoms with E-state index < -0.39 is 10.0 Å². The molecule has 0 aliphatic rings. The fourth-order valence-corrected chi connectivity index (χ4v) is 4.57. The maximum Gasteiger partial charge on any atom is 0.264 e. The van der Waals surface area contributed by atoms with Crippen LogP contribution in [0.25, 0.3) is 0 Å². The lowest BCUT2D eigenvalue weighted by atomic mass is 10.2. The first-order chi connectivity index (χ1) is 13.4. The van der Waals surface area contributed by atoms with Crippen LogP contribution < -0.4 is 9.04 Å². The number of hydrogen-bond acceptors (Lipinski definition) is 3. The van der Waals surface area contributed by atoms with E-state index >= 15 is 0 Å². The van der Waals surface area contributed by atoms with E-state index in [1.54, 1.807) is 72.8 Å². The second-order valence-corrected chi connectivity index (χ2v) is 8.65. The molecule has 3 rings (SSSR count). The van der Waals surface area contributed by atoms with Crippen LogP contribution in [0.4, 0.5) is 5.69 Å². The van der Waals surface area contributed by atoms with Crippen LogP contribution >= 0.6 is 23.2 Å². The van der Waals surface area contributed by atoms with Gasteiger partial charge in [-0.15, -0.1) is 0 Å². The van der Waals surface area contributed by atoms with Crippen molar-refractivity contribution < 1.29 is 13.2 Å². The molecule has 0 atom stereocenters. The van der Waals surface area contributed by atoms with Crippen LogP contribution in [0.2, 0.25) is 10.0 Å².